The third kappa shape index (κ3) is 12.9. The zero-order chi connectivity index (χ0) is 17.6. The lowest BCUT2D eigenvalue weighted by Gasteiger charge is -2.39. The number of unbranched alkanes of at least 4 members (excludes halogenated alkanes) is 6. The van der Waals surface area contributed by atoms with Gasteiger partial charge in [0.25, 0.3) is 10.1 Å². The Morgan fingerprint density at radius 3 is 1.30 bits per heavy atom. The highest BCUT2D eigenvalue weighted by Crippen LogP contribution is 2.17. The van der Waals surface area contributed by atoms with Crippen molar-refractivity contribution in [1.82, 2.24) is 0 Å². The van der Waals surface area contributed by atoms with Gasteiger partial charge in [-0.05, 0) is 38.5 Å². The number of rotatable bonds is 16. The zero-order valence-corrected chi connectivity index (χ0v) is 16.5. The molecule has 4 nitrogen and oxygen atoms in total. The van der Waals surface area contributed by atoms with Crippen LogP contribution in [0.15, 0.2) is 0 Å². The van der Waals surface area contributed by atoms with Crippen LogP contribution in [0.3, 0.4) is 0 Å². The molecule has 0 rings (SSSR count). The van der Waals surface area contributed by atoms with E-state index < -0.39 is 10.1 Å². The van der Waals surface area contributed by atoms with Crippen molar-refractivity contribution in [1.29, 1.82) is 0 Å². The molecule has 0 radical (unpaired) electrons. The van der Waals surface area contributed by atoms with Crippen molar-refractivity contribution < 1.29 is 17.5 Å². The van der Waals surface area contributed by atoms with Gasteiger partial charge >= 0.3 is 0 Å². The molecule has 1 N–H and O–H groups in total. The molecule has 0 aromatic carbocycles. The summed E-state index contributed by atoms with van der Waals surface area (Å²) in [5.74, 6) is -0.0949. The third-order valence-corrected chi connectivity index (χ3v) is 5.55. The summed E-state index contributed by atoms with van der Waals surface area (Å²) in [5, 5.41) is 0. The molecule has 0 atom stereocenters. The predicted octanol–water partition coefficient (Wildman–Crippen LogP) is 4.65. The van der Waals surface area contributed by atoms with E-state index >= 15 is 0 Å². The van der Waals surface area contributed by atoms with Crippen LogP contribution in [0.2, 0.25) is 0 Å². The maximum Gasteiger partial charge on any atom is 0.265 e. The van der Waals surface area contributed by atoms with Crippen LogP contribution in [0.4, 0.5) is 0 Å². The van der Waals surface area contributed by atoms with Crippen LogP contribution in [-0.4, -0.2) is 49.4 Å². The first-order chi connectivity index (χ1) is 10.9. The van der Waals surface area contributed by atoms with Gasteiger partial charge in [-0.15, -0.1) is 0 Å². The van der Waals surface area contributed by atoms with Crippen LogP contribution in [0.25, 0.3) is 0 Å². The molecule has 0 aromatic rings. The Hall–Kier alpha value is -0.130. The van der Waals surface area contributed by atoms with Crippen molar-refractivity contribution in [3.05, 3.63) is 0 Å². The minimum absolute atomic E-state index is 0.0949. The summed E-state index contributed by atoms with van der Waals surface area (Å²) in [4.78, 5) is 0. The molecule has 0 aliphatic rings. The topological polar surface area (TPSA) is 54.4 Å². The lowest BCUT2D eigenvalue weighted by molar-refractivity contribution is -0.928. The Morgan fingerprint density at radius 2 is 1.00 bits per heavy atom. The molecule has 0 aliphatic heterocycles. The lowest BCUT2D eigenvalue weighted by Crippen LogP contribution is -2.51. The number of quaternary nitrogens is 1. The van der Waals surface area contributed by atoms with Crippen LogP contribution in [0.1, 0.15) is 85.0 Å². The maximum absolute atomic E-state index is 11.0. The first-order valence-electron chi connectivity index (χ1n) is 9.69. The van der Waals surface area contributed by atoms with Crippen LogP contribution in [0, 0.1) is 0 Å². The highest BCUT2D eigenvalue weighted by atomic mass is 32.2. The van der Waals surface area contributed by atoms with E-state index in [2.05, 4.69) is 20.8 Å². The summed E-state index contributed by atoms with van der Waals surface area (Å²) < 4.78 is 32.2. The smallest absolute Gasteiger partial charge is 0.265 e. The molecule has 0 aromatic heterocycles. The second-order valence-corrected chi connectivity index (χ2v) is 8.57. The molecule has 0 saturated heterocycles. The van der Waals surface area contributed by atoms with Crippen molar-refractivity contribution in [3.8, 4) is 0 Å². The fourth-order valence-electron chi connectivity index (χ4n) is 3.34. The van der Waals surface area contributed by atoms with Gasteiger partial charge in [0.2, 0.25) is 0 Å². The zero-order valence-electron chi connectivity index (χ0n) is 15.7. The van der Waals surface area contributed by atoms with Crippen molar-refractivity contribution in [2.75, 3.05) is 31.9 Å². The third-order valence-electron chi connectivity index (χ3n) is 4.74. The molecule has 23 heavy (non-hydrogen) atoms. The Kier molecular flexibility index (Phi) is 13.1. The molecule has 0 unspecified atom stereocenters. The molecule has 0 spiro atoms. The summed E-state index contributed by atoms with van der Waals surface area (Å²) >= 11 is 0. The van der Waals surface area contributed by atoms with Crippen molar-refractivity contribution in [3.63, 3.8) is 0 Å². The fourth-order valence-corrected chi connectivity index (χ4v) is 3.84. The normalized spacial score (nSPS) is 12.7. The van der Waals surface area contributed by atoms with Crippen LogP contribution in [-0.2, 0) is 10.1 Å². The standard InChI is InChI=1S/C18H39NO3S/c1-4-7-10-14-19(15-11-8-5-2,16-12-9-6-3)17-13-18-23(20,21)22/h4-18H2,1-3H3/p+1. The van der Waals surface area contributed by atoms with Gasteiger partial charge in [-0.25, -0.2) is 0 Å². The van der Waals surface area contributed by atoms with E-state index in [1.807, 2.05) is 0 Å². The summed E-state index contributed by atoms with van der Waals surface area (Å²) in [6.07, 6.45) is 11.6. The molecule has 0 fully saturated rings. The second kappa shape index (κ2) is 13.2. The van der Waals surface area contributed by atoms with E-state index in [0.717, 1.165) is 30.7 Å². The van der Waals surface area contributed by atoms with Crippen molar-refractivity contribution >= 4 is 10.1 Å². The summed E-state index contributed by atoms with van der Waals surface area (Å²) in [5.41, 5.74) is 0. The maximum atomic E-state index is 11.0. The van der Waals surface area contributed by atoms with Gasteiger partial charge in [-0.1, -0.05) is 40.0 Å². The SMILES string of the molecule is CCCCC[N+](CCCCC)(CCCCC)CCCS(=O)(=O)O. The monoisotopic (exact) mass is 350 g/mol. The highest BCUT2D eigenvalue weighted by Gasteiger charge is 2.26. The van der Waals surface area contributed by atoms with Gasteiger partial charge in [-0.2, -0.15) is 8.42 Å². The Balaban J connectivity index is 4.77. The van der Waals surface area contributed by atoms with Crippen LogP contribution >= 0.6 is 0 Å². The molecule has 0 bridgehead atoms. The molecular weight excluding hydrogens is 310 g/mol. The first-order valence-corrected chi connectivity index (χ1v) is 11.3. The van der Waals surface area contributed by atoms with E-state index in [4.69, 9.17) is 4.55 Å². The molecule has 0 aliphatic carbocycles. The molecule has 140 valence electrons. The molecule has 0 heterocycles. The minimum Gasteiger partial charge on any atom is -0.324 e. The summed E-state index contributed by atoms with van der Waals surface area (Å²) in [6.45, 7) is 11.0. The van der Waals surface area contributed by atoms with E-state index in [1.54, 1.807) is 0 Å². The van der Waals surface area contributed by atoms with Gasteiger partial charge in [0.05, 0.1) is 31.9 Å². The Morgan fingerprint density at radius 1 is 0.652 bits per heavy atom. The average molecular weight is 351 g/mol. The average Bonchev–Trinajstić information content (AvgIpc) is 2.47. The fraction of sp³-hybridized carbons (Fsp3) is 1.00. The largest absolute Gasteiger partial charge is 0.324 e. The van der Waals surface area contributed by atoms with E-state index in [9.17, 15) is 8.42 Å². The molecular formula is C18H40NO3S+. The minimum atomic E-state index is -3.83. The van der Waals surface area contributed by atoms with Gasteiger partial charge in [0.1, 0.15) is 0 Å². The molecule has 0 amide bonds. The summed E-state index contributed by atoms with van der Waals surface area (Å²) in [6, 6.07) is 0. The van der Waals surface area contributed by atoms with Crippen molar-refractivity contribution in [2.24, 2.45) is 0 Å². The molecule has 5 heteroatoms. The van der Waals surface area contributed by atoms with E-state index in [0.29, 0.717) is 6.42 Å². The van der Waals surface area contributed by atoms with Gasteiger partial charge < -0.3 is 4.48 Å². The number of nitrogens with zero attached hydrogens (tertiary/aromatic N) is 1. The highest BCUT2D eigenvalue weighted by molar-refractivity contribution is 7.85. The van der Waals surface area contributed by atoms with E-state index in [1.165, 1.54) is 57.8 Å². The van der Waals surface area contributed by atoms with Gasteiger partial charge in [0, 0.05) is 6.42 Å². The first kappa shape index (κ1) is 22.9. The molecule has 0 saturated carbocycles. The number of hydrogen-bond donors (Lipinski definition) is 1. The number of hydrogen-bond acceptors (Lipinski definition) is 2. The van der Waals surface area contributed by atoms with Gasteiger partial charge in [0.15, 0.2) is 0 Å². The van der Waals surface area contributed by atoms with Gasteiger partial charge in [-0.3, -0.25) is 4.55 Å². The van der Waals surface area contributed by atoms with Crippen molar-refractivity contribution in [2.45, 2.75) is 85.0 Å². The van der Waals surface area contributed by atoms with Crippen LogP contribution < -0.4 is 0 Å². The summed E-state index contributed by atoms with van der Waals surface area (Å²) in [7, 11) is -3.83. The lowest BCUT2D eigenvalue weighted by atomic mass is 10.1. The van der Waals surface area contributed by atoms with Crippen LogP contribution in [0.5, 0.6) is 0 Å². The Bertz CT molecular complexity index is 342. The Labute approximate surface area is 145 Å². The van der Waals surface area contributed by atoms with E-state index in [-0.39, 0.29) is 5.75 Å². The second-order valence-electron chi connectivity index (χ2n) is 7.00. The quantitative estimate of drug-likeness (QED) is 0.250. The predicted molar refractivity (Wildman–Crippen MR) is 99.3 cm³/mol.